The van der Waals surface area contributed by atoms with Gasteiger partial charge in [-0.2, -0.15) is 4.98 Å². The molecule has 4 aromatic rings. The van der Waals surface area contributed by atoms with E-state index in [9.17, 15) is 8.78 Å². The Labute approximate surface area is 171 Å². The van der Waals surface area contributed by atoms with Crippen molar-refractivity contribution in [2.75, 3.05) is 0 Å². The molecule has 0 unspecified atom stereocenters. The normalized spacial score (nSPS) is 10.8. The number of fused-ring (bicyclic) bond motifs is 1. The van der Waals surface area contributed by atoms with Crippen molar-refractivity contribution in [1.29, 1.82) is 0 Å². The van der Waals surface area contributed by atoms with Crippen molar-refractivity contribution in [2.45, 2.75) is 33.1 Å². The summed E-state index contributed by atoms with van der Waals surface area (Å²) in [6.45, 7) is 4.04. The average Bonchev–Trinajstić information content (AvgIpc) is 3.36. The fraction of sp³-hybridized carbons (Fsp3) is 0.238. The molecular weight excluding hydrogens is 392 g/mol. The molecule has 9 heteroatoms. The summed E-state index contributed by atoms with van der Waals surface area (Å²) in [5.74, 6) is 1.15. The lowest BCUT2D eigenvalue weighted by Crippen LogP contribution is -1.94. The molecule has 0 saturated heterocycles. The Morgan fingerprint density at radius 3 is 2.73 bits per heavy atom. The van der Waals surface area contributed by atoms with Gasteiger partial charge >= 0.3 is 0 Å². The van der Waals surface area contributed by atoms with Gasteiger partial charge in [0.05, 0.1) is 11.9 Å². The van der Waals surface area contributed by atoms with Crippen molar-refractivity contribution in [3.63, 3.8) is 0 Å². The molecule has 0 atom stereocenters. The number of primary amides is 1. The van der Waals surface area contributed by atoms with E-state index in [-0.39, 0.29) is 12.0 Å². The Balaban J connectivity index is 0.000000806. The summed E-state index contributed by atoms with van der Waals surface area (Å²) in [6.07, 6.45) is 2.72. The van der Waals surface area contributed by atoms with E-state index in [0.717, 1.165) is 35.2 Å². The van der Waals surface area contributed by atoms with Crippen molar-refractivity contribution >= 4 is 12.1 Å². The van der Waals surface area contributed by atoms with E-state index in [0.29, 0.717) is 17.4 Å². The second-order valence-electron chi connectivity index (χ2n) is 6.56. The quantitative estimate of drug-likeness (QED) is 0.490. The third-order valence-corrected chi connectivity index (χ3v) is 4.49. The molecule has 7 nitrogen and oxygen atoms in total. The number of alkyl halides is 2. The molecule has 4 rings (SSSR count). The Morgan fingerprint density at radius 1 is 1.27 bits per heavy atom. The number of imidazole rings is 1. The van der Waals surface area contributed by atoms with Gasteiger partial charge in [0.1, 0.15) is 5.65 Å². The number of carbonyl (C=O) groups is 1. The second kappa shape index (κ2) is 9.25. The molecule has 0 spiro atoms. The van der Waals surface area contributed by atoms with E-state index in [2.05, 4.69) is 27.8 Å². The van der Waals surface area contributed by atoms with Gasteiger partial charge in [0.2, 0.25) is 18.1 Å². The van der Waals surface area contributed by atoms with E-state index >= 15 is 0 Å². The molecule has 1 amide bonds. The van der Waals surface area contributed by atoms with Crippen LogP contribution in [0.25, 0.3) is 28.3 Å². The van der Waals surface area contributed by atoms with Gasteiger partial charge in [-0.05, 0) is 37.1 Å². The van der Waals surface area contributed by atoms with Gasteiger partial charge < -0.3 is 10.3 Å². The number of aryl methyl sites for hydroxylation is 2. The predicted molar refractivity (Wildman–Crippen MR) is 108 cm³/mol. The lowest BCUT2D eigenvalue weighted by molar-refractivity contribution is -0.106. The molecule has 3 aromatic heterocycles. The van der Waals surface area contributed by atoms with Crippen LogP contribution in [0.2, 0.25) is 0 Å². The number of hydrogen-bond donors (Lipinski definition) is 1. The number of nitrogens with zero attached hydrogens (tertiary/aromatic N) is 4. The standard InChI is InChI=1S/C20H18F2N4O.CH3NO/c1-3-4-18-24-20(25-27-18)14-6-5-12(2)15(9-14)16-11-23-17-10-13(19(21)22)7-8-26(16)17;2-1-3/h5-11,19H,3-4H2,1-2H3;1H,(H2,2,3). The minimum Gasteiger partial charge on any atom is -0.372 e. The molecule has 1 aromatic carbocycles. The van der Waals surface area contributed by atoms with Crippen molar-refractivity contribution in [3.05, 3.63) is 59.7 Å². The lowest BCUT2D eigenvalue weighted by Gasteiger charge is -2.08. The maximum Gasteiger partial charge on any atom is 0.264 e. The van der Waals surface area contributed by atoms with Crippen LogP contribution in [0, 0.1) is 6.92 Å². The molecule has 0 aliphatic heterocycles. The number of pyridine rings is 1. The first kappa shape index (κ1) is 21.1. The summed E-state index contributed by atoms with van der Waals surface area (Å²) < 4.78 is 32.9. The minimum atomic E-state index is -2.52. The summed E-state index contributed by atoms with van der Waals surface area (Å²) >= 11 is 0. The largest absolute Gasteiger partial charge is 0.372 e. The fourth-order valence-electron chi connectivity index (χ4n) is 3.06. The molecule has 30 heavy (non-hydrogen) atoms. The molecule has 0 saturated carbocycles. The van der Waals surface area contributed by atoms with Gasteiger partial charge in [0, 0.05) is 29.3 Å². The van der Waals surface area contributed by atoms with Gasteiger partial charge in [-0.3, -0.25) is 9.20 Å². The minimum absolute atomic E-state index is 0.0413. The fourth-order valence-corrected chi connectivity index (χ4v) is 3.06. The second-order valence-corrected chi connectivity index (χ2v) is 6.56. The van der Waals surface area contributed by atoms with Gasteiger partial charge in [0.25, 0.3) is 6.43 Å². The van der Waals surface area contributed by atoms with Crippen molar-refractivity contribution in [3.8, 4) is 22.6 Å². The Hall–Kier alpha value is -3.62. The zero-order chi connectivity index (χ0) is 21.7. The van der Waals surface area contributed by atoms with Crippen LogP contribution in [0.5, 0.6) is 0 Å². The number of carbonyl (C=O) groups excluding carboxylic acids is 1. The first-order chi connectivity index (χ1) is 14.5. The number of amides is 1. The summed E-state index contributed by atoms with van der Waals surface area (Å²) in [6, 6.07) is 8.72. The Bertz CT molecular complexity index is 1150. The van der Waals surface area contributed by atoms with E-state index in [4.69, 9.17) is 9.32 Å². The highest BCUT2D eigenvalue weighted by atomic mass is 19.3. The molecule has 0 radical (unpaired) electrons. The van der Waals surface area contributed by atoms with Crippen LogP contribution < -0.4 is 5.73 Å². The Morgan fingerprint density at radius 2 is 2.03 bits per heavy atom. The van der Waals surface area contributed by atoms with Crippen molar-refractivity contribution in [1.82, 2.24) is 19.5 Å². The molecular formula is C21H21F2N5O2. The number of benzene rings is 1. The zero-order valence-corrected chi connectivity index (χ0v) is 16.5. The van der Waals surface area contributed by atoms with Crippen LogP contribution in [-0.2, 0) is 11.2 Å². The predicted octanol–water partition coefficient (Wildman–Crippen LogP) is 4.35. The molecule has 3 heterocycles. The van der Waals surface area contributed by atoms with Crippen LogP contribution in [0.15, 0.2) is 47.2 Å². The monoisotopic (exact) mass is 413 g/mol. The van der Waals surface area contributed by atoms with Gasteiger partial charge in [-0.25, -0.2) is 13.8 Å². The summed E-state index contributed by atoms with van der Waals surface area (Å²) in [5.41, 5.74) is 8.24. The summed E-state index contributed by atoms with van der Waals surface area (Å²) in [5, 5.41) is 4.06. The summed E-state index contributed by atoms with van der Waals surface area (Å²) in [4.78, 5) is 17.3. The highest BCUT2D eigenvalue weighted by molar-refractivity contribution is 5.72. The zero-order valence-electron chi connectivity index (χ0n) is 16.5. The van der Waals surface area contributed by atoms with Crippen LogP contribution >= 0.6 is 0 Å². The third-order valence-electron chi connectivity index (χ3n) is 4.49. The number of nitrogens with two attached hydrogens (primary N) is 1. The van der Waals surface area contributed by atoms with Gasteiger partial charge in [-0.15, -0.1) is 0 Å². The molecule has 0 fully saturated rings. The van der Waals surface area contributed by atoms with E-state index in [1.54, 1.807) is 16.8 Å². The smallest absolute Gasteiger partial charge is 0.264 e. The maximum atomic E-state index is 12.9. The number of halogens is 2. The van der Waals surface area contributed by atoms with E-state index in [1.165, 1.54) is 12.1 Å². The third kappa shape index (κ3) is 4.35. The van der Waals surface area contributed by atoms with Gasteiger partial charge in [-0.1, -0.05) is 24.2 Å². The van der Waals surface area contributed by atoms with Crippen LogP contribution in [0.1, 0.15) is 36.8 Å². The molecule has 156 valence electrons. The van der Waals surface area contributed by atoms with Gasteiger partial charge in [0.15, 0.2) is 0 Å². The number of hydrogen-bond acceptors (Lipinski definition) is 5. The van der Waals surface area contributed by atoms with Crippen LogP contribution in [0.3, 0.4) is 0 Å². The molecule has 2 N–H and O–H groups in total. The Kier molecular flexibility index (Phi) is 6.51. The van der Waals surface area contributed by atoms with E-state index < -0.39 is 6.43 Å². The first-order valence-electron chi connectivity index (χ1n) is 9.33. The maximum absolute atomic E-state index is 12.9. The number of rotatable bonds is 5. The highest BCUT2D eigenvalue weighted by Crippen LogP contribution is 2.30. The summed E-state index contributed by atoms with van der Waals surface area (Å²) in [7, 11) is 0. The van der Waals surface area contributed by atoms with Crippen LogP contribution in [0.4, 0.5) is 8.78 Å². The molecule has 0 aliphatic rings. The van der Waals surface area contributed by atoms with Crippen LogP contribution in [-0.4, -0.2) is 25.9 Å². The lowest BCUT2D eigenvalue weighted by atomic mass is 10.0. The topological polar surface area (TPSA) is 99.3 Å². The number of aromatic nitrogens is 4. The molecule has 0 bridgehead atoms. The SMILES string of the molecule is CCCc1nc(-c2ccc(C)c(-c3cnc4cc(C(F)F)ccn34)c2)no1.NC=O. The van der Waals surface area contributed by atoms with E-state index in [1.807, 2.05) is 25.1 Å². The van der Waals surface area contributed by atoms with Crippen molar-refractivity contribution < 1.29 is 18.1 Å². The highest BCUT2D eigenvalue weighted by Gasteiger charge is 2.15. The van der Waals surface area contributed by atoms with Crippen molar-refractivity contribution in [2.24, 2.45) is 5.73 Å². The first-order valence-corrected chi connectivity index (χ1v) is 9.33. The molecule has 0 aliphatic carbocycles. The average molecular weight is 413 g/mol.